The van der Waals surface area contributed by atoms with Crippen molar-refractivity contribution in [2.24, 2.45) is 10.8 Å². The molecule has 0 fully saturated rings. The Morgan fingerprint density at radius 3 is 2.05 bits per heavy atom. The number of hydrogen-bond acceptors (Lipinski definition) is 2. The van der Waals surface area contributed by atoms with E-state index < -0.39 is 0 Å². The van der Waals surface area contributed by atoms with Crippen molar-refractivity contribution in [3.8, 4) is 5.75 Å². The topological polar surface area (TPSA) is 18.5 Å². The van der Waals surface area contributed by atoms with E-state index in [0.29, 0.717) is 12.5 Å². The Morgan fingerprint density at radius 1 is 1.00 bits per heavy atom. The maximum atomic E-state index is 5.85. The highest BCUT2D eigenvalue weighted by atomic mass is 16.7. The van der Waals surface area contributed by atoms with E-state index in [1.165, 1.54) is 5.56 Å². The third-order valence-corrected chi connectivity index (χ3v) is 3.63. The molecule has 0 bridgehead atoms. The molecule has 0 aliphatic heterocycles. The van der Waals surface area contributed by atoms with Gasteiger partial charge in [0.25, 0.3) is 0 Å². The first-order valence-corrected chi connectivity index (χ1v) is 7.94. The molecule has 0 amide bonds. The van der Waals surface area contributed by atoms with Crippen LogP contribution in [0.15, 0.2) is 24.3 Å². The van der Waals surface area contributed by atoms with Crippen LogP contribution in [0.2, 0.25) is 0 Å². The number of benzene rings is 1. The summed E-state index contributed by atoms with van der Waals surface area (Å²) in [5.41, 5.74) is 1.72. The minimum absolute atomic E-state index is 0.197. The average molecular weight is 292 g/mol. The molecule has 2 heteroatoms. The molecule has 1 rings (SSSR count). The van der Waals surface area contributed by atoms with E-state index in [1.807, 2.05) is 19.9 Å². The molecule has 1 unspecified atom stereocenters. The highest BCUT2D eigenvalue weighted by molar-refractivity contribution is 5.33. The monoisotopic (exact) mass is 292 g/mol. The first-order chi connectivity index (χ1) is 9.55. The largest absolute Gasteiger partial charge is 0.465 e. The molecule has 0 saturated heterocycles. The van der Waals surface area contributed by atoms with Gasteiger partial charge in [0.15, 0.2) is 6.29 Å². The van der Waals surface area contributed by atoms with Crippen LogP contribution in [0.25, 0.3) is 0 Å². The predicted octanol–water partition coefficient (Wildman–Crippen LogP) is 5.62. The zero-order valence-electron chi connectivity index (χ0n) is 15.0. The van der Waals surface area contributed by atoms with Gasteiger partial charge < -0.3 is 9.47 Å². The van der Waals surface area contributed by atoms with Crippen molar-refractivity contribution in [3.05, 3.63) is 29.8 Å². The Kier molecular flexibility index (Phi) is 5.86. The summed E-state index contributed by atoms with van der Waals surface area (Å²) < 4.78 is 11.3. The second kappa shape index (κ2) is 6.83. The van der Waals surface area contributed by atoms with Gasteiger partial charge in [-0.05, 0) is 48.3 Å². The molecule has 0 radical (unpaired) electrons. The standard InChI is InChI=1S/C19H32O2/c1-9-20-14(2)21-16-12-10-11-15(13-16)17(18(3,4)5)19(6,7)8/h10-14,17H,9H2,1-8H3. The lowest BCUT2D eigenvalue weighted by Crippen LogP contribution is -2.30. The second-order valence-electron chi connectivity index (χ2n) is 7.88. The van der Waals surface area contributed by atoms with Crippen LogP contribution in [-0.4, -0.2) is 12.9 Å². The third kappa shape index (κ3) is 5.35. The van der Waals surface area contributed by atoms with Gasteiger partial charge in [-0.1, -0.05) is 53.7 Å². The predicted molar refractivity (Wildman–Crippen MR) is 89.8 cm³/mol. The van der Waals surface area contributed by atoms with Gasteiger partial charge in [-0.3, -0.25) is 0 Å². The van der Waals surface area contributed by atoms with Gasteiger partial charge >= 0.3 is 0 Å². The van der Waals surface area contributed by atoms with Crippen LogP contribution in [0, 0.1) is 10.8 Å². The van der Waals surface area contributed by atoms with Gasteiger partial charge in [-0.2, -0.15) is 0 Å². The molecule has 1 aromatic carbocycles. The van der Waals surface area contributed by atoms with Crippen LogP contribution in [0.1, 0.15) is 66.9 Å². The molecular formula is C19H32O2. The molecule has 1 atom stereocenters. The fourth-order valence-electron chi connectivity index (χ4n) is 3.53. The molecule has 2 nitrogen and oxygen atoms in total. The Morgan fingerprint density at radius 2 is 1.57 bits per heavy atom. The fourth-order valence-corrected chi connectivity index (χ4v) is 3.53. The van der Waals surface area contributed by atoms with E-state index in [2.05, 4.69) is 59.7 Å². The van der Waals surface area contributed by atoms with E-state index >= 15 is 0 Å². The van der Waals surface area contributed by atoms with Crippen LogP contribution < -0.4 is 4.74 Å². The molecule has 1 aromatic rings. The zero-order valence-corrected chi connectivity index (χ0v) is 15.0. The van der Waals surface area contributed by atoms with Gasteiger partial charge in [0.1, 0.15) is 5.75 Å². The minimum Gasteiger partial charge on any atom is -0.465 e. The number of hydrogen-bond donors (Lipinski definition) is 0. The molecule has 0 aliphatic carbocycles. The quantitative estimate of drug-likeness (QED) is 0.655. The van der Waals surface area contributed by atoms with Crippen molar-refractivity contribution in [2.45, 2.75) is 67.6 Å². The summed E-state index contributed by atoms with van der Waals surface area (Å²) in [5.74, 6) is 1.34. The molecule has 0 N–H and O–H groups in total. The lowest BCUT2D eigenvalue weighted by atomic mass is 9.64. The lowest BCUT2D eigenvalue weighted by molar-refractivity contribution is -0.0613. The summed E-state index contributed by atoms with van der Waals surface area (Å²) in [6.07, 6.45) is -0.215. The maximum Gasteiger partial charge on any atom is 0.196 e. The highest BCUT2D eigenvalue weighted by Gasteiger charge is 2.36. The molecule has 120 valence electrons. The summed E-state index contributed by atoms with van der Waals surface area (Å²) >= 11 is 0. The van der Waals surface area contributed by atoms with Crippen LogP contribution >= 0.6 is 0 Å². The molecule has 0 saturated carbocycles. The SMILES string of the molecule is CCOC(C)Oc1cccc(C(C(C)(C)C)C(C)(C)C)c1. The summed E-state index contributed by atoms with van der Waals surface area (Å²) in [4.78, 5) is 0. The zero-order chi connectivity index (χ0) is 16.3. The van der Waals surface area contributed by atoms with E-state index in [4.69, 9.17) is 9.47 Å². The van der Waals surface area contributed by atoms with Gasteiger partial charge in [0.2, 0.25) is 0 Å². The molecule has 21 heavy (non-hydrogen) atoms. The Balaban J connectivity index is 3.06. The molecular weight excluding hydrogens is 260 g/mol. The lowest BCUT2D eigenvalue weighted by Gasteiger charge is -2.41. The van der Waals surface area contributed by atoms with Crippen molar-refractivity contribution in [1.82, 2.24) is 0 Å². The van der Waals surface area contributed by atoms with Gasteiger partial charge in [0.05, 0.1) is 0 Å². The summed E-state index contributed by atoms with van der Waals surface area (Å²) in [5, 5.41) is 0. The minimum atomic E-state index is -0.215. The van der Waals surface area contributed by atoms with Gasteiger partial charge in [-0.15, -0.1) is 0 Å². The highest BCUT2D eigenvalue weighted by Crippen LogP contribution is 2.47. The molecule has 0 spiro atoms. The van der Waals surface area contributed by atoms with E-state index in [1.54, 1.807) is 0 Å². The van der Waals surface area contributed by atoms with Crippen molar-refractivity contribution >= 4 is 0 Å². The van der Waals surface area contributed by atoms with Crippen LogP contribution in [-0.2, 0) is 4.74 Å². The van der Waals surface area contributed by atoms with Gasteiger partial charge in [-0.25, -0.2) is 0 Å². The van der Waals surface area contributed by atoms with Crippen molar-refractivity contribution < 1.29 is 9.47 Å². The normalized spacial score (nSPS) is 14.3. The number of rotatable bonds is 5. The first-order valence-electron chi connectivity index (χ1n) is 7.94. The van der Waals surface area contributed by atoms with Crippen molar-refractivity contribution in [2.75, 3.05) is 6.61 Å². The van der Waals surface area contributed by atoms with Crippen molar-refractivity contribution in [3.63, 3.8) is 0 Å². The Bertz CT molecular complexity index is 424. The second-order valence-corrected chi connectivity index (χ2v) is 7.88. The summed E-state index contributed by atoms with van der Waals surface area (Å²) in [6.45, 7) is 18.4. The molecule has 0 heterocycles. The number of ether oxygens (including phenoxy) is 2. The smallest absolute Gasteiger partial charge is 0.196 e. The summed E-state index contributed by atoms with van der Waals surface area (Å²) in [6, 6.07) is 8.45. The average Bonchev–Trinajstić information content (AvgIpc) is 2.25. The first kappa shape index (κ1) is 18.0. The molecule has 0 aliphatic rings. The van der Waals surface area contributed by atoms with E-state index in [-0.39, 0.29) is 17.1 Å². The molecule has 0 aromatic heterocycles. The van der Waals surface area contributed by atoms with Gasteiger partial charge in [0, 0.05) is 6.61 Å². The van der Waals surface area contributed by atoms with Crippen LogP contribution in [0.4, 0.5) is 0 Å². The van der Waals surface area contributed by atoms with E-state index in [0.717, 1.165) is 5.75 Å². The van der Waals surface area contributed by atoms with Crippen LogP contribution in [0.5, 0.6) is 5.75 Å². The summed E-state index contributed by atoms with van der Waals surface area (Å²) in [7, 11) is 0. The Hall–Kier alpha value is -1.02. The van der Waals surface area contributed by atoms with Crippen LogP contribution in [0.3, 0.4) is 0 Å². The maximum absolute atomic E-state index is 5.85. The van der Waals surface area contributed by atoms with E-state index in [9.17, 15) is 0 Å². The third-order valence-electron chi connectivity index (χ3n) is 3.63. The Labute approximate surface area is 130 Å². The fraction of sp³-hybridized carbons (Fsp3) is 0.684. The van der Waals surface area contributed by atoms with Crippen molar-refractivity contribution in [1.29, 1.82) is 0 Å².